The molecule has 0 aliphatic heterocycles. The lowest BCUT2D eigenvalue weighted by molar-refractivity contribution is 0.0696. The summed E-state index contributed by atoms with van der Waals surface area (Å²) in [5, 5.41) is 15.9. The van der Waals surface area contributed by atoms with Crippen LogP contribution in [0.3, 0.4) is 0 Å². The maximum absolute atomic E-state index is 12.5. The molecule has 0 fully saturated rings. The van der Waals surface area contributed by atoms with Gasteiger partial charge in [0.15, 0.2) is 5.76 Å². The molecule has 4 aromatic rings. The largest absolute Gasteiger partial charge is 0.478 e. The van der Waals surface area contributed by atoms with Crippen LogP contribution in [0.25, 0.3) is 22.4 Å². The first-order chi connectivity index (χ1) is 15.9. The third kappa shape index (κ3) is 4.93. The van der Waals surface area contributed by atoms with Gasteiger partial charge < -0.3 is 14.4 Å². The van der Waals surface area contributed by atoms with Gasteiger partial charge in [0, 0.05) is 5.56 Å². The van der Waals surface area contributed by atoms with E-state index in [1.165, 1.54) is 0 Å². The molecule has 0 spiro atoms. The number of aromatic nitrogens is 1. The Bertz CT molecular complexity index is 1260. The highest BCUT2D eigenvalue weighted by atomic mass is 16.6. The highest BCUT2D eigenvalue weighted by molar-refractivity contribution is 5.91. The molecule has 4 rings (SSSR count). The fourth-order valence-corrected chi connectivity index (χ4v) is 3.43. The fourth-order valence-electron chi connectivity index (χ4n) is 3.43. The Morgan fingerprint density at radius 1 is 0.909 bits per heavy atom. The molecule has 1 amide bonds. The highest BCUT2D eigenvalue weighted by Gasteiger charge is 2.19. The van der Waals surface area contributed by atoms with Crippen molar-refractivity contribution in [3.63, 3.8) is 0 Å². The van der Waals surface area contributed by atoms with Crippen LogP contribution in [-0.4, -0.2) is 22.3 Å². The minimum absolute atomic E-state index is 0.234. The minimum Gasteiger partial charge on any atom is -0.478 e. The molecule has 0 unspecified atom stereocenters. The second-order valence-electron chi connectivity index (χ2n) is 7.51. The number of benzene rings is 3. The molecule has 0 saturated heterocycles. The minimum atomic E-state index is -0.963. The summed E-state index contributed by atoms with van der Waals surface area (Å²) in [6.07, 6.45) is -1.02. The van der Waals surface area contributed by atoms with Gasteiger partial charge in [0.05, 0.1) is 5.56 Å². The van der Waals surface area contributed by atoms with E-state index in [0.717, 1.165) is 22.3 Å². The number of carboxylic acids is 1. The van der Waals surface area contributed by atoms with Gasteiger partial charge in [-0.1, -0.05) is 71.9 Å². The smallest absolute Gasteiger partial charge is 0.412 e. The third-order valence-corrected chi connectivity index (χ3v) is 5.27. The van der Waals surface area contributed by atoms with E-state index in [9.17, 15) is 9.59 Å². The van der Waals surface area contributed by atoms with E-state index in [2.05, 4.69) is 10.5 Å². The molecule has 1 atom stereocenters. The molecule has 7 nitrogen and oxygen atoms in total. The maximum atomic E-state index is 12.5. The predicted octanol–water partition coefficient (Wildman–Crippen LogP) is 6.32. The molecular weight excluding hydrogens is 420 g/mol. The van der Waals surface area contributed by atoms with Crippen molar-refractivity contribution in [1.82, 2.24) is 5.16 Å². The number of anilines is 1. The van der Waals surface area contributed by atoms with Gasteiger partial charge in [-0.2, -0.15) is 0 Å². The number of ether oxygens (including phenoxy) is 1. The zero-order valence-electron chi connectivity index (χ0n) is 18.1. The van der Waals surface area contributed by atoms with Gasteiger partial charge in [-0.3, -0.25) is 5.32 Å². The molecule has 0 saturated carbocycles. The summed E-state index contributed by atoms with van der Waals surface area (Å²) in [7, 11) is 0. The van der Waals surface area contributed by atoms with Gasteiger partial charge in [0.1, 0.15) is 17.5 Å². The Morgan fingerprint density at radius 3 is 2.09 bits per heavy atom. The van der Waals surface area contributed by atoms with E-state index in [4.69, 9.17) is 14.4 Å². The molecule has 166 valence electrons. The summed E-state index contributed by atoms with van der Waals surface area (Å²) in [6.45, 7) is 3.52. The maximum Gasteiger partial charge on any atom is 0.412 e. The van der Waals surface area contributed by atoms with Crippen LogP contribution in [0.5, 0.6) is 0 Å². The number of rotatable bonds is 6. The normalized spacial score (nSPS) is 11.6. The Morgan fingerprint density at radius 2 is 1.48 bits per heavy atom. The molecule has 0 aliphatic rings. The number of hydrogen-bond donors (Lipinski definition) is 2. The summed E-state index contributed by atoms with van der Waals surface area (Å²) in [4.78, 5) is 23.5. The number of nitrogens with zero attached hydrogens (tertiary/aromatic N) is 1. The van der Waals surface area contributed by atoms with E-state index < -0.39 is 18.2 Å². The number of nitrogens with one attached hydrogen (secondary N) is 1. The van der Waals surface area contributed by atoms with E-state index in [1.54, 1.807) is 38.1 Å². The quantitative estimate of drug-likeness (QED) is 0.362. The van der Waals surface area contributed by atoms with Crippen molar-refractivity contribution in [1.29, 1.82) is 0 Å². The van der Waals surface area contributed by atoms with Crippen LogP contribution < -0.4 is 5.32 Å². The van der Waals surface area contributed by atoms with Crippen LogP contribution in [0.15, 0.2) is 83.4 Å². The van der Waals surface area contributed by atoms with Gasteiger partial charge in [0.25, 0.3) is 0 Å². The Kier molecular flexibility index (Phi) is 6.22. The van der Waals surface area contributed by atoms with Crippen molar-refractivity contribution in [2.45, 2.75) is 20.0 Å². The highest BCUT2D eigenvalue weighted by Crippen LogP contribution is 2.32. The SMILES string of the molecule is Cc1onc(-c2ccc(-c3ccc(C(=O)O)cc3)cc2)c1NC(=O)O[C@H](C)c1ccccc1. The average molecular weight is 442 g/mol. The van der Waals surface area contributed by atoms with E-state index in [0.29, 0.717) is 17.1 Å². The number of amides is 1. The summed E-state index contributed by atoms with van der Waals surface area (Å²) in [5.74, 6) is -0.502. The van der Waals surface area contributed by atoms with Crippen molar-refractivity contribution < 1.29 is 24.0 Å². The monoisotopic (exact) mass is 442 g/mol. The molecule has 0 aliphatic carbocycles. The van der Waals surface area contributed by atoms with Gasteiger partial charge in [0.2, 0.25) is 0 Å². The number of carboxylic acid groups (broad SMARTS) is 1. The molecule has 0 bridgehead atoms. The molecule has 3 aromatic carbocycles. The molecule has 2 N–H and O–H groups in total. The van der Waals surface area contributed by atoms with E-state index >= 15 is 0 Å². The van der Waals surface area contributed by atoms with Crippen LogP contribution >= 0.6 is 0 Å². The van der Waals surface area contributed by atoms with Gasteiger partial charge in [-0.05, 0) is 42.7 Å². The number of aromatic carboxylic acids is 1. The molecule has 7 heteroatoms. The van der Waals surface area contributed by atoms with Crippen LogP contribution in [0.1, 0.15) is 34.7 Å². The van der Waals surface area contributed by atoms with Gasteiger partial charge >= 0.3 is 12.1 Å². The van der Waals surface area contributed by atoms with Crippen molar-refractivity contribution in [3.8, 4) is 22.4 Å². The number of hydrogen-bond acceptors (Lipinski definition) is 5. The average Bonchev–Trinajstić information content (AvgIpc) is 3.19. The summed E-state index contributed by atoms with van der Waals surface area (Å²) in [5.41, 5.74) is 4.62. The number of carbonyl (C=O) groups is 2. The Labute approximate surface area is 190 Å². The predicted molar refractivity (Wildman–Crippen MR) is 124 cm³/mol. The lowest BCUT2D eigenvalue weighted by Crippen LogP contribution is -2.16. The van der Waals surface area contributed by atoms with Crippen molar-refractivity contribution in [3.05, 3.63) is 95.7 Å². The van der Waals surface area contributed by atoms with Crippen LogP contribution in [0.4, 0.5) is 10.5 Å². The van der Waals surface area contributed by atoms with Crippen molar-refractivity contribution in [2.75, 3.05) is 5.32 Å². The van der Waals surface area contributed by atoms with Gasteiger partial charge in [-0.15, -0.1) is 0 Å². The lowest BCUT2D eigenvalue weighted by Gasteiger charge is -2.14. The van der Waals surface area contributed by atoms with E-state index in [-0.39, 0.29) is 5.56 Å². The molecule has 1 aromatic heterocycles. The lowest BCUT2D eigenvalue weighted by atomic mass is 10.0. The van der Waals surface area contributed by atoms with E-state index in [1.807, 2.05) is 54.6 Å². The second kappa shape index (κ2) is 9.40. The topological polar surface area (TPSA) is 102 Å². The third-order valence-electron chi connectivity index (χ3n) is 5.27. The van der Waals surface area contributed by atoms with Crippen LogP contribution in [-0.2, 0) is 4.74 Å². The zero-order chi connectivity index (χ0) is 23.4. The number of carbonyl (C=O) groups excluding carboxylic acids is 1. The molecular formula is C26H22N2O5. The molecule has 33 heavy (non-hydrogen) atoms. The Balaban J connectivity index is 1.50. The summed E-state index contributed by atoms with van der Waals surface area (Å²) in [6, 6.07) is 23.6. The molecule has 1 heterocycles. The first-order valence-electron chi connectivity index (χ1n) is 10.4. The summed E-state index contributed by atoms with van der Waals surface area (Å²) < 4.78 is 10.8. The first kappa shape index (κ1) is 21.8. The fraction of sp³-hybridized carbons (Fsp3) is 0.115. The van der Waals surface area contributed by atoms with Crippen molar-refractivity contribution >= 4 is 17.7 Å². The summed E-state index contributed by atoms with van der Waals surface area (Å²) >= 11 is 0. The standard InChI is InChI=1S/C26H22N2O5/c1-16(18-6-4-3-5-7-18)32-26(31)27-23-17(2)33-28-24(23)21-12-8-19(9-13-21)20-10-14-22(15-11-20)25(29)30/h3-16H,1-2H3,(H,27,31)(H,29,30)/t16-/m1/s1. The second-order valence-corrected chi connectivity index (χ2v) is 7.51. The Hall–Kier alpha value is -4.39. The zero-order valence-corrected chi connectivity index (χ0v) is 18.1. The van der Waals surface area contributed by atoms with Gasteiger partial charge in [-0.25, -0.2) is 9.59 Å². The van der Waals surface area contributed by atoms with Crippen LogP contribution in [0.2, 0.25) is 0 Å². The first-order valence-corrected chi connectivity index (χ1v) is 10.4. The van der Waals surface area contributed by atoms with Crippen molar-refractivity contribution in [2.24, 2.45) is 0 Å². The number of aryl methyl sites for hydroxylation is 1. The molecule has 0 radical (unpaired) electrons. The van der Waals surface area contributed by atoms with Crippen LogP contribution in [0, 0.1) is 6.92 Å².